The zero-order chi connectivity index (χ0) is 20.0. The van der Waals surface area contributed by atoms with Gasteiger partial charge < -0.3 is 4.74 Å². The van der Waals surface area contributed by atoms with E-state index in [-0.39, 0.29) is 17.2 Å². The van der Waals surface area contributed by atoms with Crippen molar-refractivity contribution in [2.24, 2.45) is 5.10 Å². The number of sulfonamides is 1. The molecule has 1 N–H and O–H groups in total. The van der Waals surface area contributed by atoms with Gasteiger partial charge in [0.15, 0.2) is 0 Å². The summed E-state index contributed by atoms with van der Waals surface area (Å²) in [6.45, 7) is 1.40. The number of nitrogens with one attached hydrogen (secondary N) is 1. The Morgan fingerprint density at radius 3 is 2.70 bits per heavy atom. The summed E-state index contributed by atoms with van der Waals surface area (Å²) >= 11 is 3.34. The maximum absolute atomic E-state index is 12.8. The third-order valence-electron chi connectivity index (χ3n) is 3.63. The molecule has 1 amide bonds. The highest BCUT2D eigenvalue weighted by molar-refractivity contribution is 9.10. The summed E-state index contributed by atoms with van der Waals surface area (Å²) < 4.78 is 32.5. The average molecular weight is 454 g/mol. The maximum atomic E-state index is 12.8. The van der Waals surface area contributed by atoms with Gasteiger partial charge in [0.25, 0.3) is 5.91 Å². The lowest BCUT2D eigenvalue weighted by Crippen LogP contribution is -2.36. The number of ether oxygens (including phenoxy) is 1. The number of carbonyl (C=O) groups is 1. The van der Waals surface area contributed by atoms with Crippen LogP contribution in [0.1, 0.15) is 11.1 Å². The van der Waals surface area contributed by atoms with E-state index in [0.717, 1.165) is 19.9 Å². The van der Waals surface area contributed by atoms with Crippen LogP contribution >= 0.6 is 15.9 Å². The molecule has 0 spiro atoms. The predicted molar refractivity (Wildman–Crippen MR) is 107 cm³/mol. The summed E-state index contributed by atoms with van der Waals surface area (Å²) in [5, 5.41) is 3.85. The molecule has 0 aliphatic carbocycles. The molecule has 0 saturated heterocycles. The molecule has 0 radical (unpaired) electrons. The Labute approximate surface area is 167 Å². The van der Waals surface area contributed by atoms with Crippen molar-refractivity contribution in [3.05, 3.63) is 58.1 Å². The predicted octanol–water partition coefficient (Wildman–Crippen LogP) is 2.54. The fourth-order valence-electron chi connectivity index (χ4n) is 2.24. The molecule has 9 heteroatoms. The van der Waals surface area contributed by atoms with Gasteiger partial charge in [-0.05, 0) is 42.3 Å². The number of likely N-dealkylation sites (N-methyl/N-ethyl adjacent to an activating group) is 1. The number of methoxy groups -OCH3 is 1. The van der Waals surface area contributed by atoms with E-state index in [1.807, 2.05) is 24.3 Å². The van der Waals surface area contributed by atoms with Crippen LogP contribution < -0.4 is 10.2 Å². The number of halogens is 1. The average Bonchev–Trinajstić information content (AvgIpc) is 2.61. The molecule has 0 heterocycles. The molecular weight excluding hydrogens is 434 g/mol. The van der Waals surface area contributed by atoms with Gasteiger partial charge in [-0.25, -0.2) is 13.8 Å². The summed E-state index contributed by atoms with van der Waals surface area (Å²) in [7, 11) is -1.17. The number of nitrogens with zero attached hydrogens (tertiary/aromatic N) is 2. The van der Waals surface area contributed by atoms with Gasteiger partial charge in [-0.1, -0.05) is 34.1 Å². The smallest absolute Gasteiger partial charge is 0.255 e. The second kappa shape index (κ2) is 9.12. The Bertz CT molecular complexity index is 961. The van der Waals surface area contributed by atoms with Gasteiger partial charge in [0.05, 0.1) is 19.9 Å². The van der Waals surface area contributed by atoms with Crippen LogP contribution in [0.15, 0.2) is 56.9 Å². The highest BCUT2D eigenvalue weighted by atomic mass is 79.9. The largest absolute Gasteiger partial charge is 0.495 e. The van der Waals surface area contributed by atoms with Crippen molar-refractivity contribution in [1.82, 2.24) is 9.73 Å². The minimum absolute atomic E-state index is 0.0120. The van der Waals surface area contributed by atoms with E-state index in [9.17, 15) is 13.2 Å². The van der Waals surface area contributed by atoms with E-state index in [1.54, 1.807) is 19.1 Å². The molecule has 0 unspecified atom stereocenters. The number of aryl methyl sites for hydroxylation is 1. The number of rotatable bonds is 7. The molecule has 7 nitrogen and oxygen atoms in total. The molecular formula is C18H20BrN3O4S. The standard InChI is InChI=1S/C18H20BrN3O4S/c1-13-7-8-16(26-3)17(9-13)27(24,25)22(2)12-18(23)21-20-11-14-5-4-6-15(19)10-14/h4-11H,12H2,1-3H3,(H,21,23)/b20-11+. The Hall–Kier alpha value is -2.23. The van der Waals surface area contributed by atoms with E-state index in [1.165, 1.54) is 26.4 Å². The fraction of sp³-hybridized carbons (Fsp3) is 0.222. The molecule has 0 aromatic heterocycles. The first-order chi connectivity index (χ1) is 12.7. The first-order valence-electron chi connectivity index (χ1n) is 7.92. The molecule has 2 rings (SSSR count). The van der Waals surface area contributed by atoms with Crippen LogP contribution in [0.3, 0.4) is 0 Å². The minimum Gasteiger partial charge on any atom is -0.495 e. The van der Waals surface area contributed by atoms with Crippen LogP contribution in [0.25, 0.3) is 0 Å². The van der Waals surface area contributed by atoms with Crippen molar-refractivity contribution in [3.63, 3.8) is 0 Å². The zero-order valence-corrected chi connectivity index (χ0v) is 17.5. The van der Waals surface area contributed by atoms with Crippen LogP contribution in [-0.4, -0.2) is 45.5 Å². The van der Waals surface area contributed by atoms with Crippen LogP contribution in [-0.2, 0) is 14.8 Å². The highest BCUT2D eigenvalue weighted by Gasteiger charge is 2.26. The molecule has 144 valence electrons. The number of hydrazone groups is 1. The van der Waals surface area contributed by atoms with Crippen molar-refractivity contribution in [1.29, 1.82) is 0 Å². The molecule has 0 fully saturated rings. The summed E-state index contributed by atoms with van der Waals surface area (Å²) in [5.74, 6) is -0.334. The van der Waals surface area contributed by atoms with Gasteiger partial charge in [-0.2, -0.15) is 9.41 Å². The molecule has 0 aliphatic heterocycles. The topological polar surface area (TPSA) is 88.1 Å². The van der Waals surface area contributed by atoms with Gasteiger partial charge in [-0.15, -0.1) is 0 Å². The molecule has 0 saturated carbocycles. The first kappa shape index (κ1) is 21.1. The van der Waals surface area contributed by atoms with Gasteiger partial charge in [0.2, 0.25) is 10.0 Å². The van der Waals surface area contributed by atoms with Crippen LogP contribution in [0.4, 0.5) is 0 Å². The van der Waals surface area contributed by atoms with Gasteiger partial charge in [-0.3, -0.25) is 4.79 Å². The lowest BCUT2D eigenvalue weighted by atomic mass is 10.2. The van der Waals surface area contributed by atoms with Crippen molar-refractivity contribution in [2.75, 3.05) is 20.7 Å². The molecule has 0 aliphatic rings. The van der Waals surface area contributed by atoms with E-state index >= 15 is 0 Å². The molecule has 0 bridgehead atoms. The number of hydrogen-bond acceptors (Lipinski definition) is 5. The Kier molecular flexibility index (Phi) is 7.11. The van der Waals surface area contributed by atoms with Gasteiger partial charge in [0.1, 0.15) is 10.6 Å². The summed E-state index contributed by atoms with van der Waals surface area (Å²) in [6.07, 6.45) is 1.47. The molecule has 2 aromatic carbocycles. The van der Waals surface area contributed by atoms with Crippen molar-refractivity contribution >= 4 is 38.1 Å². The van der Waals surface area contributed by atoms with Crippen molar-refractivity contribution < 1.29 is 17.9 Å². The second-order valence-electron chi connectivity index (χ2n) is 5.76. The highest BCUT2D eigenvalue weighted by Crippen LogP contribution is 2.27. The summed E-state index contributed by atoms with van der Waals surface area (Å²) in [4.78, 5) is 12.1. The van der Waals surface area contributed by atoms with Gasteiger partial charge in [0, 0.05) is 11.5 Å². The Morgan fingerprint density at radius 2 is 2.04 bits per heavy atom. The van der Waals surface area contributed by atoms with Crippen molar-refractivity contribution in [2.45, 2.75) is 11.8 Å². The van der Waals surface area contributed by atoms with Crippen molar-refractivity contribution in [3.8, 4) is 5.75 Å². The molecule has 27 heavy (non-hydrogen) atoms. The van der Waals surface area contributed by atoms with Gasteiger partial charge >= 0.3 is 0 Å². The van der Waals surface area contributed by atoms with Crippen LogP contribution in [0.5, 0.6) is 5.75 Å². The van der Waals surface area contributed by atoms with E-state index < -0.39 is 15.9 Å². The molecule has 0 atom stereocenters. The number of carbonyl (C=O) groups excluding carboxylic acids is 1. The normalized spacial score (nSPS) is 11.7. The molecule has 2 aromatic rings. The third kappa shape index (κ3) is 5.62. The first-order valence-corrected chi connectivity index (χ1v) is 10.2. The van der Waals surface area contributed by atoms with Crippen LogP contribution in [0.2, 0.25) is 0 Å². The maximum Gasteiger partial charge on any atom is 0.255 e. The lowest BCUT2D eigenvalue weighted by Gasteiger charge is -2.18. The fourth-order valence-corrected chi connectivity index (χ4v) is 4.02. The van der Waals surface area contributed by atoms with Crippen LogP contribution in [0, 0.1) is 6.92 Å². The van der Waals surface area contributed by atoms with E-state index in [2.05, 4.69) is 26.5 Å². The lowest BCUT2D eigenvalue weighted by molar-refractivity contribution is -0.121. The zero-order valence-electron chi connectivity index (χ0n) is 15.1. The minimum atomic E-state index is -3.89. The third-order valence-corrected chi connectivity index (χ3v) is 5.94. The number of hydrogen-bond donors (Lipinski definition) is 1. The Morgan fingerprint density at radius 1 is 1.30 bits per heavy atom. The number of amides is 1. The van der Waals surface area contributed by atoms with E-state index in [4.69, 9.17) is 4.74 Å². The number of benzene rings is 2. The summed E-state index contributed by atoms with van der Waals surface area (Å²) in [6, 6.07) is 12.2. The monoisotopic (exact) mass is 453 g/mol. The SMILES string of the molecule is COc1ccc(C)cc1S(=O)(=O)N(C)CC(=O)N/N=C/c1cccc(Br)c1. The second-order valence-corrected chi connectivity index (χ2v) is 8.69. The summed E-state index contributed by atoms with van der Waals surface area (Å²) in [5.41, 5.74) is 3.88. The van der Waals surface area contributed by atoms with E-state index in [0.29, 0.717) is 0 Å². The quantitative estimate of drug-likeness (QED) is 0.515. The Balaban J connectivity index is 2.06.